The van der Waals surface area contributed by atoms with Crippen molar-refractivity contribution in [1.82, 2.24) is 0 Å². The zero-order valence-corrected chi connectivity index (χ0v) is 24.3. The normalized spacial score (nSPS) is 15.5. The fourth-order valence-corrected chi connectivity index (χ4v) is 6.31. The van der Waals surface area contributed by atoms with Gasteiger partial charge in [0.05, 0.1) is 17.8 Å². The van der Waals surface area contributed by atoms with Crippen molar-refractivity contribution in [1.29, 1.82) is 0 Å². The van der Waals surface area contributed by atoms with Crippen LogP contribution in [0.15, 0.2) is 174 Å². The molecule has 0 atom stereocenters. The lowest BCUT2D eigenvalue weighted by Crippen LogP contribution is -1.95. The van der Waals surface area contributed by atoms with Crippen LogP contribution < -0.4 is 0 Å². The second-order valence-corrected chi connectivity index (χ2v) is 11.1. The van der Waals surface area contributed by atoms with Gasteiger partial charge in [-0.25, -0.2) is 0 Å². The van der Waals surface area contributed by atoms with E-state index in [0.29, 0.717) is 11.1 Å². The van der Waals surface area contributed by atoms with Crippen LogP contribution in [0.25, 0.3) is 76.9 Å². The summed E-state index contributed by atoms with van der Waals surface area (Å²) in [4.78, 5) is 0. The van der Waals surface area contributed by atoms with Crippen molar-refractivity contribution in [2.24, 2.45) is 0 Å². The first-order valence-electron chi connectivity index (χ1n) is 21.3. The molecule has 9 aromatic rings. The third-order valence-electron chi connectivity index (χ3n) is 8.47. The van der Waals surface area contributed by atoms with E-state index in [1.807, 2.05) is 60.7 Å². The van der Waals surface area contributed by atoms with Crippen LogP contribution in [0.3, 0.4) is 0 Å². The van der Waals surface area contributed by atoms with Gasteiger partial charge in [-0.3, -0.25) is 0 Å². The summed E-state index contributed by atoms with van der Waals surface area (Å²) < 4.78 is 119. The average Bonchev–Trinajstić information content (AvgIpc) is 3.63. The molecule has 216 valence electrons. The minimum absolute atomic E-state index is 0.0112. The molecule has 1 nitrogen and oxygen atoms in total. The highest BCUT2D eigenvalue weighted by atomic mass is 16.3. The zero-order chi connectivity index (χ0) is 41.8. The standard InChI is InChI=1S/C45H30O/c1-3-11-30(12-4-1)27-41-36-15-7-9-17-39(36)45(40-18-10-8-16-37(40)41)33-21-19-32(20-22-33)35-23-25-38-42-28-34(31-13-5-2-6-14-31)24-26-43(42)46-44(38)29-35/h1-26,28-29H,27H2/i1D,3D,4D,7D,8D,9D,10D,11D,12D,15D,16D,17D,18D. The van der Waals surface area contributed by atoms with Crippen molar-refractivity contribution >= 4 is 43.5 Å². The summed E-state index contributed by atoms with van der Waals surface area (Å²) in [5.74, 6) is 0. The molecule has 0 aliphatic heterocycles. The van der Waals surface area contributed by atoms with Crippen molar-refractivity contribution < 1.29 is 22.2 Å². The van der Waals surface area contributed by atoms with Crippen LogP contribution in [-0.4, -0.2) is 0 Å². The molecule has 0 saturated carbocycles. The molecule has 1 aromatic heterocycles. The van der Waals surface area contributed by atoms with Crippen LogP contribution >= 0.6 is 0 Å². The molecule has 0 saturated heterocycles. The van der Waals surface area contributed by atoms with E-state index in [2.05, 4.69) is 18.2 Å². The molecule has 0 unspecified atom stereocenters. The molecule has 0 aliphatic carbocycles. The van der Waals surface area contributed by atoms with Crippen LogP contribution in [0.2, 0.25) is 0 Å². The first-order chi connectivity index (χ1) is 28.2. The number of fused-ring (bicyclic) bond motifs is 5. The molecule has 0 fully saturated rings. The van der Waals surface area contributed by atoms with E-state index in [-0.39, 0.29) is 38.2 Å². The van der Waals surface area contributed by atoms with Crippen LogP contribution in [0.4, 0.5) is 0 Å². The molecular formula is C45H30O. The second-order valence-electron chi connectivity index (χ2n) is 11.1. The van der Waals surface area contributed by atoms with Gasteiger partial charge in [0.15, 0.2) is 0 Å². The molecule has 0 N–H and O–H groups in total. The second kappa shape index (κ2) is 10.9. The molecule has 0 spiro atoms. The summed E-state index contributed by atoms with van der Waals surface area (Å²) in [5, 5.41) is 1.72. The summed E-state index contributed by atoms with van der Waals surface area (Å²) >= 11 is 0. The van der Waals surface area contributed by atoms with Crippen LogP contribution in [0, 0.1) is 0 Å². The van der Waals surface area contributed by atoms with Crippen molar-refractivity contribution in [3.05, 3.63) is 181 Å². The highest BCUT2D eigenvalue weighted by Gasteiger charge is 2.16. The Kier molecular flexibility index (Phi) is 3.89. The van der Waals surface area contributed by atoms with Crippen molar-refractivity contribution in [2.45, 2.75) is 6.42 Å². The monoisotopic (exact) mass is 599 g/mol. The molecule has 9 rings (SSSR count). The van der Waals surface area contributed by atoms with Crippen molar-refractivity contribution in [2.75, 3.05) is 0 Å². The zero-order valence-electron chi connectivity index (χ0n) is 37.3. The molecule has 1 heterocycles. The summed E-state index contributed by atoms with van der Waals surface area (Å²) in [6.07, 6.45) is -0.482. The van der Waals surface area contributed by atoms with Gasteiger partial charge in [-0.1, -0.05) is 145 Å². The Hall–Kier alpha value is -5.92. The lowest BCUT2D eigenvalue weighted by Gasteiger charge is -2.18. The highest BCUT2D eigenvalue weighted by Crippen LogP contribution is 2.41. The minimum Gasteiger partial charge on any atom is -0.456 e. The van der Waals surface area contributed by atoms with Gasteiger partial charge in [-0.05, 0) is 96.7 Å². The summed E-state index contributed by atoms with van der Waals surface area (Å²) in [7, 11) is 0. The van der Waals surface area contributed by atoms with Gasteiger partial charge in [0.2, 0.25) is 0 Å². The molecule has 46 heavy (non-hydrogen) atoms. The number of hydrogen-bond donors (Lipinski definition) is 0. The Bertz CT molecular complexity index is 3160. The van der Waals surface area contributed by atoms with Gasteiger partial charge in [0.25, 0.3) is 0 Å². The van der Waals surface area contributed by atoms with E-state index in [9.17, 15) is 2.74 Å². The fourth-order valence-electron chi connectivity index (χ4n) is 6.31. The molecule has 0 amide bonds. The van der Waals surface area contributed by atoms with Crippen LogP contribution in [0.1, 0.15) is 28.9 Å². The largest absolute Gasteiger partial charge is 0.456 e. The number of benzene rings is 8. The van der Waals surface area contributed by atoms with Crippen LogP contribution in [0.5, 0.6) is 0 Å². The Morgan fingerprint density at radius 1 is 0.413 bits per heavy atom. The van der Waals surface area contributed by atoms with Gasteiger partial charge in [-0.15, -0.1) is 0 Å². The topological polar surface area (TPSA) is 13.1 Å². The van der Waals surface area contributed by atoms with E-state index < -0.39 is 85.0 Å². The van der Waals surface area contributed by atoms with E-state index in [4.69, 9.17) is 19.5 Å². The predicted molar refractivity (Wildman–Crippen MR) is 194 cm³/mol. The Morgan fingerprint density at radius 2 is 0.978 bits per heavy atom. The van der Waals surface area contributed by atoms with Crippen LogP contribution in [-0.2, 0) is 6.42 Å². The first kappa shape index (κ1) is 16.4. The van der Waals surface area contributed by atoms with Gasteiger partial charge in [0, 0.05) is 10.8 Å². The van der Waals surface area contributed by atoms with Gasteiger partial charge < -0.3 is 4.42 Å². The Morgan fingerprint density at radius 3 is 1.70 bits per heavy atom. The lowest BCUT2D eigenvalue weighted by atomic mass is 9.86. The third-order valence-corrected chi connectivity index (χ3v) is 8.47. The van der Waals surface area contributed by atoms with Gasteiger partial charge in [0.1, 0.15) is 11.2 Å². The molecule has 8 aromatic carbocycles. The Labute approximate surface area is 286 Å². The average molecular weight is 600 g/mol. The number of rotatable bonds is 5. The maximum atomic E-state index is 9.18. The third kappa shape index (κ3) is 4.48. The fraction of sp³-hybridized carbons (Fsp3) is 0.0222. The quantitative estimate of drug-likeness (QED) is 0.179. The first-order valence-corrected chi connectivity index (χ1v) is 14.8. The number of hydrogen-bond acceptors (Lipinski definition) is 1. The van der Waals surface area contributed by atoms with Crippen molar-refractivity contribution in [3.63, 3.8) is 0 Å². The van der Waals surface area contributed by atoms with Gasteiger partial charge in [-0.2, -0.15) is 0 Å². The molecular weight excluding hydrogens is 556 g/mol. The van der Waals surface area contributed by atoms with Gasteiger partial charge >= 0.3 is 0 Å². The molecule has 0 bridgehead atoms. The summed E-state index contributed by atoms with van der Waals surface area (Å²) in [5.41, 5.74) is 5.57. The molecule has 0 aliphatic rings. The maximum absolute atomic E-state index is 9.18. The summed E-state index contributed by atoms with van der Waals surface area (Å²) in [6, 6.07) is 22.1. The van der Waals surface area contributed by atoms with E-state index in [1.54, 1.807) is 12.1 Å². The number of furan rings is 1. The predicted octanol–water partition coefficient (Wildman–Crippen LogP) is 12.5. The SMILES string of the molecule is [2H]c1c([2H])c([2H])c(Cc2c3c([2H])c([2H])c([2H])c([2H])c3c(-c3ccc(-c4ccc5c(c4)oc4ccc(-c6ccccc6)cc45)cc3)c3c([2H])c([2H])c([2H])c([2H])c23)c([2H])c1[2H]. The molecule has 0 radical (unpaired) electrons. The highest BCUT2D eigenvalue weighted by molar-refractivity contribution is 6.15. The smallest absolute Gasteiger partial charge is 0.136 e. The van der Waals surface area contributed by atoms with Crippen molar-refractivity contribution in [3.8, 4) is 33.4 Å². The molecule has 1 heteroatoms. The van der Waals surface area contributed by atoms with E-state index >= 15 is 0 Å². The van der Waals surface area contributed by atoms with E-state index in [0.717, 1.165) is 38.6 Å². The Balaban J connectivity index is 1.27. The minimum atomic E-state index is -0.615. The maximum Gasteiger partial charge on any atom is 0.136 e. The summed E-state index contributed by atoms with van der Waals surface area (Å²) in [6.45, 7) is 0. The lowest BCUT2D eigenvalue weighted by molar-refractivity contribution is 0.669. The van der Waals surface area contributed by atoms with E-state index in [1.165, 1.54) is 0 Å².